The summed E-state index contributed by atoms with van der Waals surface area (Å²) in [6.07, 6.45) is 13.8. The van der Waals surface area contributed by atoms with E-state index in [9.17, 15) is 16.8 Å². The Morgan fingerprint density at radius 3 is 1.52 bits per heavy atom. The fourth-order valence-corrected chi connectivity index (χ4v) is 14.5. The molecule has 0 saturated carbocycles. The number of nitrogen functional groups attached to an aromatic ring is 1. The minimum atomic E-state index is -3.38. The predicted octanol–water partition coefficient (Wildman–Crippen LogP) is 9.93. The smallest absolute Gasteiger partial charge is 0.229 e. The van der Waals surface area contributed by atoms with Crippen LogP contribution in [0.1, 0.15) is 56.2 Å². The molecule has 4 saturated heterocycles. The van der Waals surface area contributed by atoms with Crippen LogP contribution in [0.5, 0.6) is 11.5 Å². The second kappa shape index (κ2) is 31.5. The number of anilines is 9. The van der Waals surface area contributed by atoms with Gasteiger partial charge in [-0.3, -0.25) is 29.7 Å². The first-order valence-corrected chi connectivity index (χ1v) is 36.3. The fraction of sp³-hybridized carbons (Fsp3) is 0.446. The highest BCUT2D eigenvalue weighted by Crippen LogP contribution is 2.39. The number of piperidine rings is 2. The van der Waals surface area contributed by atoms with Gasteiger partial charge < -0.3 is 50.8 Å². The molecule has 8 heterocycles. The minimum Gasteiger partial charge on any atom is -0.495 e. The third kappa shape index (κ3) is 17.6. The van der Waals surface area contributed by atoms with Crippen molar-refractivity contribution in [2.75, 3.05) is 150 Å². The van der Waals surface area contributed by atoms with Gasteiger partial charge in [-0.25, -0.2) is 26.8 Å². The van der Waals surface area contributed by atoms with E-state index in [4.69, 9.17) is 50.0 Å². The van der Waals surface area contributed by atoms with Gasteiger partial charge in [0.15, 0.2) is 31.3 Å². The molecule has 0 radical (unpaired) electrons. The number of nitrogens with two attached hydrogens (primary N) is 1. The van der Waals surface area contributed by atoms with E-state index in [1.165, 1.54) is 63.3 Å². The second-order valence-electron chi connectivity index (χ2n) is 23.9. The number of halogens is 3. The number of piperazine rings is 2. The Balaban J connectivity index is 0.000000171. The molecule has 0 spiro atoms. The molecule has 29 heteroatoms. The lowest BCUT2D eigenvalue weighted by atomic mass is 10.0. The monoisotopic (exact) mass is 1380 g/mol. The number of methoxy groups -OCH3 is 2. The number of hydrogen-bond donors (Lipinski definition) is 4. The standard InChI is InChI=1S/C33H42ClN9O3S.C17H28N4O.C15H13Cl2N5O2S/c1-5-47(44,45)21-24-26(6-7-27-31(24)36-11-10-35-27)38-32-25(34)20-37-33(40-32)39-28-18-22(2)29(19-30(28)46-4)43-12-8-23(9-13-43)42-16-14-41(3)15-17-42;1-19-9-11-21(12-10-19)14-5-7-20(8-6-14)15-3-4-16(18)17(13-15)22-2;1-2-25(23,24)8-9-11(3-4-12-13(9)19-6-5-18-12)21-14-10(16)7-20-15(17)22-14/h6-7,10-11,18-20,23H,5,8-9,12-17,21H2,1-4H3,(H2,37,38,39,40);3-4,13-14H,5-12,18H2,1-2H3;3-7H,2,8H2,1H3,(H,20,21,22). The number of likely N-dealkylation sites (N-methyl/N-ethyl adjacent to an activating group) is 2. The number of ether oxygens (including phenoxy) is 2. The zero-order valence-corrected chi connectivity index (χ0v) is 58.1. The number of benzene rings is 4. The summed E-state index contributed by atoms with van der Waals surface area (Å²) in [5, 5.41) is 10.1. The third-order valence-electron chi connectivity index (χ3n) is 17.8. The molecule has 0 amide bonds. The van der Waals surface area contributed by atoms with Crippen molar-refractivity contribution < 1.29 is 26.3 Å². The summed E-state index contributed by atoms with van der Waals surface area (Å²) in [6, 6.07) is 18.6. The predicted molar refractivity (Wildman–Crippen MR) is 378 cm³/mol. The van der Waals surface area contributed by atoms with Crippen molar-refractivity contribution in [3.63, 3.8) is 0 Å². The van der Waals surface area contributed by atoms with E-state index < -0.39 is 19.7 Å². The zero-order valence-electron chi connectivity index (χ0n) is 54.2. The Labute approximate surface area is 565 Å². The molecule has 5 N–H and O–H groups in total. The third-order valence-corrected chi connectivity index (χ3v) is 21.7. The van der Waals surface area contributed by atoms with E-state index in [-0.39, 0.29) is 44.2 Å². The SMILES string of the molecule is CCS(=O)(=O)Cc1c(Nc2nc(Cl)ncc2Cl)ccc2nccnc12.CCS(=O)(=O)Cc1c(Nc2nc(Nc3cc(C)c(N4CCC(N5CCN(C)CC5)CC4)cc3OC)ncc2Cl)ccc2nccnc12.COc1cc(N2CCC(N3CCN(C)CC3)CC2)ccc1N. The molecule has 0 atom stereocenters. The van der Waals surface area contributed by atoms with Crippen LogP contribution in [0.25, 0.3) is 22.1 Å². The number of hydrogen-bond acceptors (Lipinski definition) is 24. The number of fused-ring (bicyclic) bond motifs is 2. The Morgan fingerprint density at radius 1 is 0.543 bits per heavy atom. The molecule has 4 aliphatic heterocycles. The quantitative estimate of drug-likeness (QED) is 0.0459. The maximum Gasteiger partial charge on any atom is 0.229 e. The number of nitrogens with one attached hydrogen (secondary N) is 3. The second-order valence-corrected chi connectivity index (χ2v) is 29.7. The Kier molecular flexibility index (Phi) is 23.3. The average molecular weight is 1380 g/mol. The minimum absolute atomic E-state index is 0.000346. The lowest BCUT2D eigenvalue weighted by Crippen LogP contribution is -2.52. The van der Waals surface area contributed by atoms with E-state index in [0.29, 0.717) is 73.8 Å². The topological polar surface area (TPSA) is 271 Å². The highest BCUT2D eigenvalue weighted by Gasteiger charge is 2.30. The van der Waals surface area contributed by atoms with Gasteiger partial charge in [0.05, 0.1) is 71.6 Å². The number of sulfone groups is 2. The summed E-state index contributed by atoms with van der Waals surface area (Å²) in [6.45, 7) is 19.0. The molecule has 12 rings (SSSR count). The van der Waals surface area contributed by atoms with E-state index in [1.807, 2.05) is 6.07 Å². The van der Waals surface area contributed by atoms with E-state index in [1.54, 1.807) is 70.9 Å². The van der Waals surface area contributed by atoms with Gasteiger partial charge in [0.1, 0.15) is 21.5 Å². The van der Waals surface area contributed by atoms with Crippen molar-refractivity contribution in [3.8, 4) is 11.5 Å². The van der Waals surface area contributed by atoms with E-state index in [2.05, 4.69) is 131 Å². The first-order chi connectivity index (χ1) is 45.2. The summed E-state index contributed by atoms with van der Waals surface area (Å²) in [4.78, 5) is 49.2. The van der Waals surface area contributed by atoms with Gasteiger partial charge in [0.25, 0.3) is 0 Å². The fourth-order valence-electron chi connectivity index (χ4n) is 12.2. The van der Waals surface area contributed by atoms with Gasteiger partial charge in [-0.15, -0.1) is 0 Å². The number of nitrogens with zero attached hydrogens (tertiary/aromatic N) is 14. The van der Waals surface area contributed by atoms with Crippen LogP contribution in [0.3, 0.4) is 0 Å². The van der Waals surface area contributed by atoms with Gasteiger partial charge in [-0.1, -0.05) is 37.0 Å². The molecule has 8 aromatic rings. The van der Waals surface area contributed by atoms with Crippen molar-refractivity contribution in [1.82, 2.24) is 59.5 Å². The number of aryl methyl sites for hydroxylation is 1. The van der Waals surface area contributed by atoms with Crippen LogP contribution in [0.2, 0.25) is 15.3 Å². The maximum absolute atomic E-state index is 12.7. The summed E-state index contributed by atoms with van der Waals surface area (Å²) in [5.41, 5.74) is 15.1. The van der Waals surface area contributed by atoms with Gasteiger partial charge in [0.2, 0.25) is 11.2 Å². The molecule has 4 aliphatic rings. The van der Waals surface area contributed by atoms with Gasteiger partial charge >= 0.3 is 0 Å². The van der Waals surface area contributed by atoms with Crippen LogP contribution >= 0.6 is 34.8 Å². The molecular weight excluding hydrogens is 1300 g/mol. The first kappa shape index (κ1) is 69.6. The lowest BCUT2D eigenvalue weighted by molar-refractivity contribution is 0.0982. The highest BCUT2D eigenvalue weighted by molar-refractivity contribution is 7.90. The lowest BCUT2D eigenvalue weighted by Gasteiger charge is -2.43. The van der Waals surface area contributed by atoms with Crippen molar-refractivity contribution >= 4 is 128 Å². The average Bonchev–Trinajstić information content (AvgIpc) is 1.05. The zero-order chi connectivity index (χ0) is 66.7. The van der Waals surface area contributed by atoms with Crippen LogP contribution in [0, 0.1) is 6.92 Å². The summed E-state index contributed by atoms with van der Waals surface area (Å²) < 4.78 is 60.9. The Morgan fingerprint density at radius 2 is 1.02 bits per heavy atom. The molecule has 4 aromatic carbocycles. The molecular formula is C65H83Cl3N18O6S2. The first-order valence-electron chi connectivity index (χ1n) is 31.6. The number of rotatable bonds is 18. The van der Waals surface area contributed by atoms with Gasteiger partial charge in [-0.2, -0.15) is 9.97 Å². The number of aromatic nitrogens is 8. The van der Waals surface area contributed by atoms with Crippen molar-refractivity contribution in [3.05, 3.63) is 124 Å². The van der Waals surface area contributed by atoms with Crippen LogP contribution < -0.4 is 41.0 Å². The van der Waals surface area contributed by atoms with Crippen LogP contribution in [0.15, 0.2) is 91.8 Å². The van der Waals surface area contributed by atoms with Crippen molar-refractivity contribution in [2.45, 2.75) is 70.0 Å². The summed E-state index contributed by atoms with van der Waals surface area (Å²) >= 11 is 18.4. The van der Waals surface area contributed by atoms with Crippen molar-refractivity contribution in [2.24, 2.45) is 0 Å². The molecule has 502 valence electrons. The molecule has 0 unspecified atom stereocenters. The summed E-state index contributed by atoms with van der Waals surface area (Å²) in [7, 11) is 1.07. The molecule has 0 aliphatic carbocycles. The van der Waals surface area contributed by atoms with Gasteiger partial charge in [0, 0.05) is 173 Å². The molecule has 24 nitrogen and oxygen atoms in total. The van der Waals surface area contributed by atoms with E-state index >= 15 is 0 Å². The molecule has 0 bridgehead atoms. The van der Waals surface area contributed by atoms with Crippen molar-refractivity contribution in [1.29, 1.82) is 0 Å². The van der Waals surface area contributed by atoms with Crippen LogP contribution in [-0.4, -0.2) is 207 Å². The molecule has 94 heavy (non-hydrogen) atoms. The van der Waals surface area contributed by atoms with E-state index in [0.717, 1.165) is 93.9 Å². The Hall–Kier alpha value is -7.27. The largest absolute Gasteiger partial charge is 0.495 e. The van der Waals surface area contributed by atoms with Gasteiger partial charge in [-0.05, 0) is 106 Å². The normalized spacial score (nSPS) is 16.7. The highest BCUT2D eigenvalue weighted by atomic mass is 35.5. The molecule has 4 fully saturated rings. The Bertz CT molecular complexity index is 4150. The van der Waals surface area contributed by atoms with Crippen LogP contribution in [-0.2, 0) is 31.2 Å². The summed E-state index contributed by atoms with van der Waals surface area (Å²) in [5.74, 6) is 1.99. The molecule has 4 aromatic heterocycles. The maximum atomic E-state index is 12.7. The van der Waals surface area contributed by atoms with Crippen LogP contribution in [0.4, 0.5) is 51.7 Å².